The van der Waals surface area contributed by atoms with Gasteiger partial charge in [-0.1, -0.05) is 35.4 Å². The quantitative estimate of drug-likeness (QED) is 0.165. The summed E-state index contributed by atoms with van der Waals surface area (Å²) < 4.78 is 66.2. The lowest BCUT2D eigenvalue weighted by atomic mass is 9.97. The molecule has 2 aliphatic rings. The fourth-order valence-corrected chi connectivity index (χ4v) is 5.67. The number of nitrogens with zero attached hydrogens (tertiary/aromatic N) is 2. The van der Waals surface area contributed by atoms with E-state index in [9.17, 15) is 32.3 Å². The Balaban J connectivity index is 1.48. The van der Waals surface area contributed by atoms with Gasteiger partial charge in [0.05, 0.1) is 23.7 Å². The minimum atomic E-state index is -4.91. The molecule has 2 aromatic carbocycles. The standard InChI is InChI=1S/C29H27Cl2F4N5O5/c1-44-27(42)36-14-7-8-15-18(13-14)37-21(41)6-4-2-3-5-19(26-38-24(15)25(31)39-26)40-12-11-20(45-28(40)43)22-16(29(33,34)35)9-10-17(30)23(22)32/h2-3,7-10,13,19-21,37,41H,4-6,11-12H2,1H3,(H,36,42)(H,38,39)/b3-2+/t19-,20?,21?/m0/s1. The number of rotatable bonds is 3. The van der Waals surface area contributed by atoms with Crippen molar-refractivity contribution in [1.29, 1.82) is 0 Å². The Morgan fingerprint density at radius 2 is 1.98 bits per heavy atom. The molecule has 1 aromatic heterocycles. The van der Waals surface area contributed by atoms with Crippen LogP contribution < -0.4 is 10.6 Å². The third kappa shape index (κ3) is 6.97. The maximum Gasteiger partial charge on any atom is 0.416 e. The van der Waals surface area contributed by atoms with Crippen molar-refractivity contribution in [2.24, 2.45) is 0 Å². The maximum absolute atomic E-state index is 14.9. The van der Waals surface area contributed by atoms with Crippen molar-refractivity contribution in [2.45, 2.75) is 50.2 Å². The predicted octanol–water partition coefficient (Wildman–Crippen LogP) is 7.81. The highest BCUT2D eigenvalue weighted by atomic mass is 35.5. The Morgan fingerprint density at radius 1 is 1.20 bits per heavy atom. The van der Waals surface area contributed by atoms with Crippen molar-refractivity contribution < 1.29 is 41.7 Å². The molecule has 0 radical (unpaired) electrons. The summed E-state index contributed by atoms with van der Waals surface area (Å²) in [7, 11) is 1.22. The fraction of sp³-hybridized carbons (Fsp3) is 0.345. The molecule has 3 aromatic rings. The molecule has 1 saturated heterocycles. The van der Waals surface area contributed by atoms with Gasteiger partial charge in [0, 0.05) is 35.5 Å². The van der Waals surface area contributed by atoms with Crippen LogP contribution in [0.2, 0.25) is 10.2 Å². The minimum absolute atomic E-state index is 0.0985. The number of halogens is 6. The van der Waals surface area contributed by atoms with E-state index in [1.165, 1.54) is 12.0 Å². The lowest BCUT2D eigenvalue weighted by molar-refractivity contribution is -0.140. The van der Waals surface area contributed by atoms with Gasteiger partial charge in [0.2, 0.25) is 0 Å². The van der Waals surface area contributed by atoms with E-state index in [1.807, 2.05) is 0 Å². The molecule has 5 rings (SSSR count). The molecule has 2 bridgehead atoms. The zero-order valence-electron chi connectivity index (χ0n) is 23.6. The van der Waals surface area contributed by atoms with Crippen molar-refractivity contribution in [2.75, 3.05) is 24.3 Å². The predicted molar refractivity (Wildman–Crippen MR) is 157 cm³/mol. The van der Waals surface area contributed by atoms with Crippen LogP contribution in [0.5, 0.6) is 0 Å². The number of H-pyrrole nitrogens is 1. The molecule has 240 valence electrons. The van der Waals surface area contributed by atoms with E-state index in [-0.39, 0.29) is 36.1 Å². The van der Waals surface area contributed by atoms with Gasteiger partial charge < -0.3 is 24.9 Å². The first-order chi connectivity index (χ1) is 21.4. The summed E-state index contributed by atoms with van der Waals surface area (Å²) in [5.74, 6) is -1.05. The second-order valence-electron chi connectivity index (χ2n) is 10.3. The summed E-state index contributed by atoms with van der Waals surface area (Å²) in [5.41, 5.74) is -0.629. The topological polar surface area (TPSA) is 129 Å². The smallest absolute Gasteiger partial charge is 0.416 e. The number of ether oxygens (including phenoxy) is 2. The molecule has 3 heterocycles. The summed E-state index contributed by atoms with van der Waals surface area (Å²) in [6.45, 7) is -0.0989. The molecule has 3 atom stereocenters. The Bertz CT molecular complexity index is 1630. The van der Waals surface area contributed by atoms with Crippen LogP contribution in [0.1, 0.15) is 54.8 Å². The average Bonchev–Trinajstić information content (AvgIpc) is 3.36. The average molecular weight is 672 g/mol. The summed E-state index contributed by atoms with van der Waals surface area (Å²) in [6.07, 6.45) is -4.74. The summed E-state index contributed by atoms with van der Waals surface area (Å²) in [4.78, 5) is 34.0. The number of anilines is 2. The van der Waals surface area contributed by atoms with Crippen LogP contribution in [0.25, 0.3) is 11.3 Å². The number of aromatic amines is 1. The summed E-state index contributed by atoms with van der Waals surface area (Å²) in [6, 6.07) is 5.44. The SMILES string of the molecule is COC(=O)Nc1ccc2c(c1)NC(O)CC/C=C/C[C@H](N1CCC(c3c(C(F)(F)F)ccc(Cl)c3F)OC1=O)c1nc-2c(Cl)[nH]1. The molecule has 2 unspecified atom stereocenters. The minimum Gasteiger partial charge on any atom is -0.453 e. The molecule has 0 aliphatic carbocycles. The number of benzene rings is 2. The number of allylic oxidation sites excluding steroid dienone is 1. The van der Waals surface area contributed by atoms with E-state index in [0.717, 1.165) is 6.07 Å². The Kier molecular flexibility index (Phi) is 9.46. The van der Waals surface area contributed by atoms with Gasteiger partial charge in [0.15, 0.2) is 0 Å². The highest BCUT2D eigenvalue weighted by Gasteiger charge is 2.42. The van der Waals surface area contributed by atoms with Gasteiger partial charge in [-0.05, 0) is 49.6 Å². The number of amides is 2. The van der Waals surface area contributed by atoms with E-state index in [2.05, 4.69) is 25.3 Å². The fourth-order valence-electron chi connectivity index (χ4n) is 5.27. The first-order valence-corrected chi connectivity index (χ1v) is 14.5. The molecular formula is C29H27Cl2F4N5O5. The van der Waals surface area contributed by atoms with Crippen molar-refractivity contribution in [3.63, 3.8) is 0 Å². The number of hydrogen-bond donors (Lipinski definition) is 4. The largest absolute Gasteiger partial charge is 0.453 e. The first kappa shape index (κ1) is 32.4. The van der Waals surface area contributed by atoms with Crippen molar-refractivity contribution in [1.82, 2.24) is 14.9 Å². The van der Waals surface area contributed by atoms with Gasteiger partial charge in [-0.15, -0.1) is 0 Å². The van der Waals surface area contributed by atoms with E-state index in [4.69, 9.17) is 27.9 Å². The van der Waals surface area contributed by atoms with Crippen molar-refractivity contribution >= 4 is 46.8 Å². The normalized spacial score (nSPS) is 21.3. The van der Waals surface area contributed by atoms with Gasteiger partial charge >= 0.3 is 18.4 Å². The Hall–Kier alpha value is -4.01. The number of aliphatic hydroxyl groups excluding tert-OH is 1. The number of carbonyl (C=O) groups is 2. The molecule has 4 N–H and O–H groups in total. The number of nitrogens with one attached hydrogen (secondary N) is 3. The molecule has 45 heavy (non-hydrogen) atoms. The summed E-state index contributed by atoms with van der Waals surface area (Å²) in [5, 5.41) is 15.8. The van der Waals surface area contributed by atoms with Crippen molar-refractivity contribution in [3.05, 3.63) is 75.4 Å². The monoisotopic (exact) mass is 671 g/mol. The van der Waals surface area contributed by atoms with Crippen LogP contribution in [0.15, 0.2) is 42.5 Å². The second-order valence-corrected chi connectivity index (χ2v) is 11.1. The first-order valence-electron chi connectivity index (χ1n) is 13.7. The van der Waals surface area contributed by atoms with Gasteiger partial charge in [0.1, 0.15) is 34.8 Å². The van der Waals surface area contributed by atoms with Gasteiger partial charge in [0.25, 0.3) is 0 Å². The molecule has 0 spiro atoms. The molecule has 16 heteroatoms. The number of aliphatic hydroxyl groups is 1. The van der Waals surface area contributed by atoms with E-state index in [0.29, 0.717) is 35.8 Å². The van der Waals surface area contributed by atoms with Crippen molar-refractivity contribution in [3.8, 4) is 11.3 Å². The number of alkyl halides is 3. The number of fused-ring (bicyclic) bond motifs is 4. The number of cyclic esters (lactones) is 1. The van der Waals surface area contributed by atoms with E-state index < -0.39 is 58.7 Å². The van der Waals surface area contributed by atoms with Gasteiger partial charge in [-0.25, -0.2) is 19.0 Å². The number of methoxy groups -OCH3 is 1. The van der Waals surface area contributed by atoms with Crippen LogP contribution in [0.3, 0.4) is 0 Å². The lowest BCUT2D eigenvalue weighted by Gasteiger charge is -2.36. The third-order valence-electron chi connectivity index (χ3n) is 7.40. The van der Waals surface area contributed by atoms with Crippen LogP contribution in [0, 0.1) is 5.82 Å². The van der Waals surface area contributed by atoms with Crippen LogP contribution in [0.4, 0.5) is 38.5 Å². The highest BCUT2D eigenvalue weighted by molar-refractivity contribution is 6.32. The zero-order chi connectivity index (χ0) is 32.5. The van der Waals surface area contributed by atoms with E-state index in [1.54, 1.807) is 30.4 Å². The summed E-state index contributed by atoms with van der Waals surface area (Å²) >= 11 is 12.4. The van der Waals surface area contributed by atoms with Gasteiger partial charge in [-0.3, -0.25) is 10.2 Å². The van der Waals surface area contributed by atoms with Crippen LogP contribution >= 0.6 is 23.2 Å². The number of imidazole rings is 1. The molecule has 1 fully saturated rings. The van der Waals surface area contributed by atoms with Crippen LogP contribution in [-0.2, 0) is 15.7 Å². The molecule has 2 amide bonds. The number of carbonyl (C=O) groups excluding carboxylic acids is 2. The molecule has 10 nitrogen and oxygen atoms in total. The van der Waals surface area contributed by atoms with Gasteiger partial charge in [-0.2, -0.15) is 13.2 Å². The Labute approximate surface area is 264 Å². The number of aromatic nitrogens is 2. The van der Waals surface area contributed by atoms with Crippen LogP contribution in [-0.4, -0.2) is 52.0 Å². The third-order valence-corrected chi connectivity index (χ3v) is 7.97. The molecule has 2 aliphatic heterocycles. The number of hydrogen-bond acceptors (Lipinski definition) is 7. The zero-order valence-corrected chi connectivity index (χ0v) is 25.1. The van der Waals surface area contributed by atoms with E-state index >= 15 is 0 Å². The molecule has 0 saturated carbocycles. The highest BCUT2D eigenvalue weighted by Crippen LogP contribution is 2.43. The lowest BCUT2D eigenvalue weighted by Crippen LogP contribution is -2.42. The Morgan fingerprint density at radius 3 is 2.69 bits per heavy atom. The second kappa shape index (κ2) is 13.2. The molecular weight excluding hydrogens is 645 g/mol. The maximum atomic E-state index is 14.9.